The van der Waals surface area contributed by atoms with Gasteiger partial charge in [-0.1, -0.05) is 6.07 Å². The molecule has 0 aliphatic heterocycles. The van der Waals surface area contributed by atoms with Crippen LogP contribution in [0, 0.1) is 6.92 Å². The molecule has 8 heteroatoms. The minimum absolute atomic E-state index is 0.234. The zero-order chi connectivity index (χ0) is 19.0. The number of thiol groups is 1. The third kappa shape index (κ3) is 3.31. The molecule has 0 saturated carbocycles. The van der Waals surface area contributed by atoms with Crippen molar-refractivity contribution in [3.63, 3.8) is 0 Å². The van der Waals surface area contributed by atoms with Crippen molar-refractivity contribution in [3.8, 4) is 11.5 Å². The van der Waals surface area contributed by atoms with Crippen LogP contribution < -0.4 is 15.0 Å². The summed E-state index contributed by atoms with van der Waals surface area (Å²) in [5.41, 5.74) is 3.36. The number of H-pyrrole nitrogens is 2. The minimum atomic E-state index is -0.234. The number of aromatic amines is 2. The Morgan fingerprint density at radius 3 is 2.56 bits per heavy atom. The average Bonchev–Trinajstić information content (AvgIpc) is 3.07. The zero-order valence-corrected chi connectivity index (χ0v) is 15.9. The summed E-state index contributed by atoms with van der Waals surface area (Å²) in [4.78, 5) is 27.5. The molecule has 7 nitrogen and oxygen atoms in total. The number of ether oxygens (including phenoxy) is 2. The van der Waals surface area contributed by atoms with Gasteiger partial charge in [-0.3, -0.25) is 4.79 Å². The van der Waals surface area contributed by atoms with E-state index in [1.54, 1.807) is 19.2 Å². The van der Waals surface area contributed by atoms with Crippen LogP contribution in [0.25, 0.3) is 21.9 Å². The fraction of sp³-hybridized carbons (Fsp3) is 0.158. The van der Waals surface area contributed by atoms with E-state index >= 15 is 0 Å². The van der Waals surface area contributed by atoms with Crippen LogP contribution in [0.15, 0.2) is 40.3 Å². The predicted molar refractivity (Wildman–Crippen MR) is 109 cm³/mol. The number of aromatic nitrogens is 4. The predicted octanol–water partition coefficient (Wildman–Crippen LogP) is 2.80. The molecule has 0 aliphatic rings. The molecule has 0 atom stereocenters. The highest BCUT2D eigenvalue weighted by atomic mass is 32.1. The van der Waals surface area contributed by atoms with Crippen LogP contribution in [0.4, 0.5) is 0 Å². The van der Waals surface area contributed by atoms with Crippen LogP contribution in [0.3, 0.4) is 0 Å². The fourth-order valence-corrected chi connectivity index (χ4v) is 3.55. The average molecular weight is 382 g/mol. The molecule has 0 unspecified atom stereocenters. The SMILES string of the molecule is COc1cc2nc(C=[SH]c3nc4cc(C)ccc4[nH]3)[nH]c(=O)c2cc1OC. The first-order chi connectivity index (χ1) is 13.1. The summed E-state index contributed by atoms with van der Waals surface area (Å²) in [5.74, 6) is 1.49. The van der Waals surface area contributed by atoms with E-state index in [0.717, 1.165) is 33.1 Å². The van der Waals surface area contributed by atoms with E-state index < -0.39 is 0 Å². The Balaban J connectivity index is 1.74. The van der Waals surface area contributed by atoms with Gasteiger partial charge >= 0.3 is 0 Å². The Morgan fingerprint density at radius 1 is 1.00 bits per heavy atom. The molecule has 2 heterocycles. The summed E-state index contributed by atoms with van der Waals surface area (Å²) in [7, 11) is 3.08. The number of benzene rings is 2. The lowest BCUT2D eigenvalue weighted by molar-refractivity contribution is 0.355. The fourth-order valence-electron chi connectivity index (χ4n) is 2.83. The highest BCUT2D eigenvalue weighted by Gasteiger charge is 2.10. The molecule has 27 heavy (non-hydrogen) atoms. The van der Waals surface area contributed by atoms with Crippen LogP contribution in [-0.2, 0) is 0 Å². The third-order valence-corrected chi connectivity index (χ3v) is 4.99. The summed E-state index contributed by atoms with van der Waals surface area (Å²) < 4.78 is 10.5. The van der Waals surface area contributed by atoms with Gasteiger partial charge in [-0.2, -0.15) is 0 Å². The highest BCUT2D eigenvalue weighted by Crippen LogP contribution is 2.29. The third-order valence-electron chi connectivity index (χ3n) is 4.16. The van der Waals surface area contributed by atoms with Gasteiger partial charge < -0.3 is 19.4 Å². The Morgan fingerprint density at radius 2 is 1.78 bits per heavy atom. The molecule has 0 saturated heterocycles. The van der Waals surface area contributed by atoms with Crippen molar-refractivity contribution in [2.24, 2.45) is 0 Å². The number of fused-ring (bicyclic) bond motifs is 2. The topological polar surface area (TPSA) is 92.9 Å². The van der Waals surface area contributed by atoms with Crippen molar-refractivity contribution in [2.45, 2.75) is 12.1 Å². The maximum Gasteiger partial charge on any atom is 0.259 e. The largest absolute Gasteiger partial charge is 0.493 e. The van der Waals surface area contributed by atoms with Crippen molar-refractivity contribution < 1.29 is 9.47 Å². The van der Waals surface area contributed by atoms with Crippen LogP contribution in [0.1, 0.15) is 11.4 Å². The van der Waals surface area contributed by atoms with Gasteiger partial charge in [0.25, 0.3) is 5.56 Å². The minimum Gasteiger partial charge on any atom is -0.493 e. The molecule has 0 spiro atoms. The van der Waals surface area contributed by atoms with E-state index in [0.29, 0.717) is 28.2 Å². The van der Waals surface area contributed by atoms with Gasteiger partial charge in [0, 0.05) is 11.4 Å². The molecule has 4 aromatic rings. The summed E-state index contributed by atoms with van der Waals surface area (Å²) in [5, 5.41) is 3.04. The second kappa shape index (κ2) is 6.88. The lowest BCUT2D eigenvalue weighted by atomic mass is 10.2. The number of hydrogen-bond acceptors (Lipinski definition) is 5. The molecule has 0 fully saturated rings. The molecular formula is C19H18N4O3S. The molecule has 0 aliphatic carbocycles. The van der Waals surface area contributed by atoms with E-state index in [2.05, 4.69) is 19.9 Å². The molecule has 138 valence electrons. The van der Waals surface area contributed by atoms with Crippen LogP contribution in [-0.4, -0.2) is 39.5 Å². The molecular weight excluding hydrogens is 364 g/mol. The van der Waals surface area contributed by atoms with Gasteiger partial charge in [-0.25, -0.2) is 9.97 Å². The molecule has 2 aromatic carbocycles. The Bertz CT molecular complexity index is 1240. The monoisotopic (exact) mass is 382 g/mol. The van der Waals surface area contributed by atoms with Crippen molar-refractivity contribution in [3.05, 3.63) is 52.1 Å². The second-order valence-corrected chi connectivity index (χ2v) is 6.95. The van der Waals surface area contributed by atoms with Crippen LogP contribution in [0.5, 0.6) is 11.5 Å². The summed E-state index contributed by atoms with van der Waals surface area (Å²) in [6, 6.07) is 9.40. The number of imidazole rings is 1. The summed E-state index contributed by atoms with van der Waals surface area (Å²) in [6.45, 7) is 2.03. The lowest BCUT2D eigenvalue weighted by Crippen LogP contribution is -2.11. The normalized spacial score (nSPS) is 11.8. The number of rotatable bonds is 4. The summed E-state index contributed by atoms with van der Waals surface area (Å²) >= 11 is 0.802. The maximum absolute atomic E-state index is 12.4. The van der Waals surface area contributed by atoms with E-state index in [9.17, 15) is 4.79 Å². The van der Waals surface area contributed by atoms with Crippen molar-refractivity contribution >= 4 is 38.7 Å². The number of nitrogens with zero attached hydrogens (tertiary/aromatic N) is 2. The first-order valence-corrected chi connectivity index (χ1v) is 9.20. The molecule has 0 radical (unpaired) electrons. The Labute approximate surface area is 158 Å². The van der Waals surface area contributed by atoms with Crippen LogP contribution >= 0.6 is 11.4 Å². The van der Waals surface area contributed by atoms with Gasteiger partial charge in [0.05, 0.1) is 36.2 Å². The second-order valence-electron chi connectivity index (χ2n) is 6.01. The van der Waals surface area contributed by atoms with Gasteiger partial charge in [-0.15, -0.1) is 11.4 Å². The lowest BCUT2D eigenvalue weighted by Gasteiger charge is -2.08. The molecule has 4 rings (SSSR count). The van der Waals surface area contributed by atoms with Crippen molar-refractivity contribution in [1.29, 1.82) is 0 Å². The van der Waals surface area contributed by atoms with Crippen molar-refractivity contribution in [1.82, 2.24) is 19.9 Å². The maximum atomic E-state index is 12.4. The number of methoxy groups -OCH3 is 2. The molecule has 2 N–H and O–H groups in total. The first-order valence-electron chi connectivity index (χ1n) is 8.24. The van der Waals surface area contributed by atoms with Gasteiger partial charge in [0.2, 0.25) is 0 Å². The Hall–Kier alpha value is -3.13. The highest BCUT2D eigenvalue weighted by molar-refractivity contribution is 7.97. The smallest absolute Gasteiger partial charge is 0.259 e. The number of hydrogen-bond donors (Lipinski definition) is 3. The van der Waals surface area contributed by atoms with Gasteiger partial charge in [-0.05, 0) is 30.7 Å². The van der Waals surface area contributed by atoms with Gasteiger partial charge in [0.1, 0.15) is 5.82 Å². The van der Waals surface area contributed by atoms with E-state index in [1.165, 1.54) is 7.11 Å². The zero-order valence-electron chi connectivity index (χ0n) is 15.0. The van der Waals surface area contributed by atoms with Gasteiger partial charge in [0.15, 0.2) is 16.7 Å². The quantitative estimate of drug-likeness (QED) is 0.373. The number of aryl methyl sites for hydroxylation is 1. The summed E-state index contributed by atoms with van der Waals surface area (Å²) in [6.07, 6.45) is 0. The molecule has 0 amide bonds. The van der Waals surface area contributed by atoms with E-state index in [-0.39, 0.29) is 5.56 Å². The van der Waals surface area contributed by atoms with Crippen LogP contribution in [0.2, 0.25) is 0 Å². The van der Waals surface area contributed by atoms with E-state index in [4.69, 9.17) is 9.47 Å². The molecule has 2 aromatic heterocycles. The van der Waals surface area contributed by atoms with Crippen molar-refractivity contribution in [2.75, 3.05) is 14.2 Å². The molecule has 0 bridgehead atoms. The first kappa shape index (κ1) is 17.3. The van der Waals surface area contributed by atoms with E-state index in [1.807, 2.05) is 30.5 Å². The Kier molecular flexibility index (Phi) is 4.41. The standard InChI is InChI=1S/C19H18N4O3S/c1-10-4-5-12-14(6-10)22-19(21-12)27-9-17-20-13-8-16(26-3)15(25-2)7-11(13)18(24)23-17/h4-9,27H,1-3H3,(H,21,22)(H,20,23,24). The number of nitrogens with one attached hydrogen (secondary N) is 2.